The molecule has 1 saturated heterocycles. The number of pyridine rings is 1. The third kappa shape index (κ3) is 3.43. The first-order chi connectivity index (χ1) is 13.2. The van der Waals surface area contributed by atoms with Crippen molar-refractivity contribution in [3.8, 4) is 11.3 Å². The van der Waals surface area contributed by atoms with Crippen molar-refractivity contribution in [3.05, 3.63) is 78.1 Å². The van der Waals surface area contributed by atoms with Gasteiger partial charge in [-0.1, -0.05) is 6.07 Å². The lowest BCUT2D eigenvalue weighted by Crippen LogP contribution is -2.32. The number of nitrogens with one attached hydrogen (secondary N) is 1. The van der Waals surface area contributed by atoms with Crippen molar-refractivity contribution < 1.29 is 13.9 Å². The van der Waals surface area contributed by atoms with Crippen LogP contribution in [-0.2, 0) is 0 Å². The van der Waals surface area contributed by atoms with E-state index in [0.29, 0.717) is 23.2 Å². The number of aliphatic hydroxyl groups is 1. The van der Waals surface area contributed by atoms with Gasteiger partial charge in [0, 0.05) is 18.3 Å². The number of rotatable bonds is 5. The van der Waals surface area contributed by atoms with Crippen molar-refractivity contribution >= 4 is 17.3 Å². The molecule has 0 bridgehead atoms. The highest BCUT2D eigenvalue weighted by molar-refractivity contribution is 7.80. The minimum atomic E-state index is -0.291. The van der Waals surface area contributed by atoms with Gasteiger partial charge in [0.2, 0.25) is 0 Å². The first-order valence-electron chi connectivity index (χ1n) is 8.62. The highest BCUT2D eigenvalue weighted by Crippen LogP contribution is 2.40. The van der Waals surface area contributed by atoms with Crippen molar-refractivity contribution in [2.75, 3.05) is 13.2 Å². The molecule has 4 rings (SSSR count). The van der Waals surface area contributed by atoms with E-state index >= 15 is 0 Å². The Morgan fingerprint density at radius 3 is 2.67 bits per heavy atom. The van der Waals surface area contributed by atoms with Gasteiger partial charge in [-0.25, -0.2) is 4.39 Å². The number of furan rings is 1. The fraction of sp³-hybridized carbons (Fsp3) is 0.200. The summed E-state index contributed by atoms with van der Waals surface area (Å²) in [5.74, 6) is 1.05. The van der Waals surface area contributed by atoms with Crippen molar-refractivity contribution in [1.29, 1.82) is 0 Å². The van der Waals surface area contributed by atoms with E-state index in [0.717, 1.165) is 11.3 Å². The number of aliphatic hydroxyl groups excluding tert-OH is 1. The Bertz CT molecular complexity index is 930. The van der Waals surface area contributed by atoms with E-state index in [4.69, 9.17) is 16.6 Å². The number of hydrogen-bond donors (Lipinski definition) is 2. The predicted molar refractivity (Wildman–Crippen MR) is 103 cm³/mol. The molecular weight excluding hydrogens is 365 g/mol. The van der Waals surface area contributed by atoms with E-state index in [-0.39, 0.29) is 24.5 Å². The molecule has 1 aliphatic heterocycles. The quantitative estimate of drug-likeness (QED) is 0.658. The molecule has 0 spiro atoms. The molecule has 3 aromatic rings. The summed E-state index contributed by atoms with van der Waals surface area (Å²) in [6, 6.07) is 15.2. The second-order valence-corrected chi connectivity index (χ2v) is 6.64. The minimum Gasteiger partial charge on any atom is -0.459 e. The van der Waals surface area contributed by atoms with Crippen LogP contribution in [0.1, 0.15) is 23.5 Å². The molecule has 0 unspecified atom stereocenters. The molecule has 7 heteroatoms. The molecular formula is C20H18FN3O2S. The average molecular weight is 383 g/mol. The Balaban J connectivity index is 1.71. The van der Waals surface area contributed by atoms with E-state index < -0.39 is 0 Å². The zero-order valence-corrected chi connectivity index (χ0v) is 15.2. The smallest absolute Gasteiger partial charge is 0.170 e. The molecule has 1 fully saturated rings. The molecule has 1 aromatic carbocycles. The Hall–Kier alpha value is -2.77. The van der Waals surface area contributed by atoms with Gasteiger partial charge in [0.1, 0.15) is 23.4 Å². The highest BCUT2D eigenvalue weighted by atomic mass is 32.1. The Morgan fingerprint density at radius 1 is 1.15 bits per heavy atom. The third-order valence-electron chi connectivity index (χ3n) is 4.59. The van der Waals surface area contributed by atoms with Gasteiger partial charge in [0.05, 0.1) is 18.3 Å². The molecule has 0 radical (unpaired) electrons. The van der Waals surface area contributed by atoms with Crippen molar-refractivity contribution in [2.45, 2.75) is 12.1 Å². The van der Waals surface area contributed by atoms with E-state index in [1.165, 1.54) is 12.1 Å². The van der Waals surface area contributed by atoms with E-state index in [1.807, 2.05) is 35.2 Å². The number of halogens is 1. The lowest BCUT2D eigenvalue weighted by atomic mass is 10.0. The number of β-amino-alcohol motifs (C(OH)–C–C–N with tert-alkyl or cyclic N) is 1. The molecule has 0 aliphatic carbocycles. The molecule has 2 N–H and O–H groups in total. The summed E-state index contributed by atoms with van der Waals surface area (Å²) < 4.78 is 19.3. The Labute approximate surface area is 161 Å². The summed E-state index contributed by atoms with van der Waals surface area (Å²) in [4.78, 5) is 6.35. The SMILES string of the molecule is OCCN1C(=S)N[C@@H](c2ccccn2)[C@H]1c1ccc(-c2ccc(F)cc2)o1. The average Bonchev–Trinajstić information content (AvgIpc) is 3.29. The highest BCUT2D eigenvalue weighted by Gasteiger charge is 2.41. The molecule has 0 amide bonds. The van der Waals surface area contributed by atoms with Crippen molar-refractivity contribution in [3.63, 3.8) is 0 Å². The van der Waals surface area contributed by atoms with Crippen LogP contribution in [0.2, 0.25) is 0 Å². The van der Waals surface area contributed by atoms with Crippen LogP contribution in [0.3, 0.4) is 0 Å². The van der Waals surface area contributed by atoms with Crippen LogP contribution in [0, 0.1) is 5.82 Å². The van der Waals surface area contributed by atoms with Gasteiger partial charge in [0.25, 0.3) is 0 Å². The number of thiocarbonyl (C=S) groups is 1. The molecule has 3 heterocycles. The first kappa shape index (κ1) is 17.6. The number of benzene rings is 1. The Kier molecular flexibility index (Phi) is 4.87. The Morgan fingerprint density at radius 2 is 1.96 bits per heavy atom. The second kappa shape index (κ2) is 7.46. The molecule has 27 heavy (non-hydrogen) atoms. The fourth-order valence-corrected chi connectivity index (χ4v) is 3.68. The summed E-state index contributed by atoms with van der Waals surface area (Å²) in [7, 11) is 0. The topological polar surface area (TPSA) is 61.5 Å². The van der Waals surface area contributed by atoms with Gasteiger partial charge in [-0.2, -0.15) is 0 Å². The summed E-state index contributed by atoms with van der Waals surface area (Å²) in [6.07, 6.45) is 1.73. The summed E-state index contributed by atoms with van der Waals surface area (Å²) in [6.45, 7) is 0.352. The van der Waals surface area contributed by atoms with Crippen LogP contribution >= 0.6 is 12.2 Å². The molecule has 2 aromatic heterocycles. The van der Waals surface area contributed by atoms with Crippen molar-refractivity contribution in [1.82, 2.24) is 15.2 Å². The molecule has 5 nitrogen and oxygen atoms in total. The zero-order chi connectivity index (χ0) is 18.8. The van der Waals surface area contributed by atoms with Gasteiger partial charge >= 0.3 is 0 Å². The first-order valence-corrected chi connectivity index (χ1v) is 9.03. The summed E-state index contributed by atoms with van der Waals surface area (Å²) in [5.41, 5.74) is 1.63. The lowest BCUT2D eigenvalue weighted by molar-refractivity contribution is 0.209. The van der Waals surface area contributed by atoms with Crippen LogP contribution in [0.15, 0.2) is 65.2 Å². The van der Waals surface area contributed by atoms with Crippen LogP contribution in [0.25, 0.3) is 11.3 Å². The lowest BCUT2D eigenvalue weighted by Gasteiger charge is -2.25. The summed E-state index contributed by atoms with van der Waals surface area (Å²) >= 11 is 5.47. The maximum atomic E-state index is 13.2. The molecule has 0 saturated carbocycles. The van der Waals surface area contributed by atoms with Crippen LogP contribution < -0.4 is 5.32 Å². The van der Waals surface area contributed by atoms with E-state index in [9.17, 15) is 9.50 Å². The summed E-state index contributed by atoms with van der Waals surface area (Å²) in [5, 5.41) is 13.3. The van der Waals surface area contributed by atoms with E-state index in [1.54, 1.807) is 18.3 Å². The normalized spacial score (nSPS) is 19.3. The molecule has 1 aliphatic rings. The van der Waals surface area contributed by atoms with Crippen LogP contribution in [0.5, 0.6) is 0 Å². The van der Waals surface area contributed by atoms with Crippen LogP contribution in [0.4, 0.5) is 4.39 Å². The number of nitrogens with zero attached hydrogens (tertiary/aromatic N) is 2. The second-order valence-electron chi connectivity index (χ2n) is 6.25. The fourth-order valence-electron chi connectivity index (χ4n) is 3.34. The van der Waals surface area contributed by atoms with Crippen LogP contribution in [-0.4, -0.2) is 33.3 Å². The molecule has 2 atom stereocenters. The molecule has 138 valence electrons. The standard InChI is InChI=1S/C20H18FN3O2S/c21-14-6-4-13(5-7-14)16-8-9-17(26-16)19-18(15-3-1-2-10-22-15)23-20(27)24(19)11-12-25/h1-10,18-19,25H,11-12H2,(H,23,27)/t18-,19+/m0/s1. The predicted octanol–water partition coefficient (Wildman–Crippen LogP) is 3.45. The van der Waals surface area contributed by atoms with Gasteiger partial charge in [-0.3, -0.25) is 4.98 Å². The number of hydrogen-bond acceptors (Lipinski definition) is 4. The number of aromatic nitrogens is 1. The van der Waals surface area contributed by atoms with Crippen molar-refractivity contribution in [2.24, 2.45) is 0 Å². The minimum absolute atomic E-state index is 0.0290. The van der Waals surface area contributed by atoms with Gasteiger partial charge in [-0.15, -0.1) is 0 Å². The van der Waals surface area contributed by atoms with Gasteiger partial charge < -0.3 is 19.7 Å². The van der Waals surface area contributed by atoms with Gasteiger partial charge in [-0.05, 0) is 60.7 Å². The van der Waals surface area contributed by atoms with Gasteiger partial charge in [0.15, 0.2) is 5.11 Å². The monoisotopic (exact) mass is 383 g/mol. The third-order valence-corrected chi connectivity index (χ3v) is 4.94. The maximum absolute atomic E-state index is 13.2. The van der Waals surface area contributed by atoms with E-state index in [2.05, 4.69) is 10.3 Å². The zero-order valence-electron chi connectivity index (χ0n) is 14.4. The largest absolute Gasteiger partial charge is 0.459 e. The maximum Gasteiger partial charge on any atom is 0.170 e.